The minimum Gasteiger partial charge on any atom is -0.387 e. The van der Waals surface area contributed by atoms with Crippen molar-refractivity contribution in [1.82, 2.24) is 4.98 Å². The van der Waals surface area contributed by atoms with Gasteiger partial charge in [-0.1, -0.05) is 0 Å². The molecule has 4 heteroatoms. The zero-order valence-corrected chi connectivity index (χ0v) is 9.63. The van der Waals surface area contributed by atoms with E-state index in [9.17, 15) is 0 Å². The molecule has 1 aromatic heterocycles. The molecule has 1 aliphatic carbocycles. The number of aromatic nitrogens is 1. The van der Waals surface area contributed by atoms with E-state index in [1.807, 2.05) is 6.20 Å². The monoisotopic (exact) mass is 253 g/mol. The molecule has 14 heavy (non-hydrogen) atoms. The summed E-state index contributed by atoms with van der Waals surface area (Å²) in [7, 11) is 0. The third kappa shape index (κ3) is 1.66. The number of hydrogen-bond donors (Lipinski definition) is 1. The van der Waals surface area contributed by atoms with E-state index in [-0.39, 0.29) is 0 Å². The molecule has 0 aromatic carbocycles. The Bertz CT molecular complexity index is 395. The summed E-state index contributed by atoms with van der Waals surface area (Å²) in [6.07, 6.45) is 5.18. The molecule has 3 nitrogen and oxygen atoms in total. The molecule has 0 aliphatic heterocycles. The summed E-state index contributed by atoms with van der Waals surface area (Å²) in [5.74, 6) is 1.36. The molecule has 1 aromatic rings. The van der Waals surface area contributed by atoms with Crippen LogP contribution < -0.4 is 5.73 Å². The number of nitrogens with zero attached hydrogens (tertiary/aromatic N) is 2. The summed E-state index contributed by atoms with van der Waals surface area (Å²) in [4.78, 5) is 8.51. The molecule has 2 N–H and O–H groups in total. The van der Waals surface area contributed by atoms with E-state index in [0.29, 0.717) is 5.84 Å². The lowest BCUT2D eigenvalue weighted by atomic mass is 10.2. The van der Waals surface area contributed by atoms with Crippen LogP contribution in [0.15, 0.2) is 15.7 Å². The van der Waals surface area contributed by atoms with E-state index in [0.717, 1.165) is 23.1 Å². The number of rotatable bonds is 1. The molecular weight excluding hydrogens is 242 g/mol. The lowest BCUT2D eigenvalue weighted by Gasteiger charge is -2.04. The Morgan fingerprint density at radius 1 is 1.50 bits per heavy atom. The molecule has 0 unspecified atom stereocenters. The third-order valence-electron chi connectivity index (χ3n) is 2.36. The topological polar surface area (TPSA) is 51.3 Å². The van der Waals surface area contributed by atoms with Crippen LogP contribution in [0, 0.1) is 0 Å². The van der Waals surface area contributed by atoms with Crippen molar-refractivity contribution < 1.29 is 0 Å². The Hall–Kier alpha value is -0.900. The van der Waals surface area contributed by atoms with E-state index < -0.39 is 0 Å². The van der Waals surface area contributed by atoms with Gasteiger partial charge < -0.3 is 5.73 Å². The van der Waals surface area contributed by atoms with Crippen LogP contribution in [0.5, 0.6) is 0 Å². The zero-order valence-electron chi connectivity index (χ0n) is 8.05. The number of aliphatic imine (C=N–C) groups is 1. The smallest absolute Gasteiger partial charge is 0.157 e. The normalized spacial score (nSPS) is 15.7. The van der Waals surface area contributed by atoms with E-state index in [4.69, 9.17) is 5.73 Å². The zero-order chi connectivity index (χ0) is 10.1. The average Bonchev–Trinajstić information content (AvgIpc) is 2.58. The van der Waals surface area contributed by atoms with Crippen LogP contribution in [0.2, 0.25) is 0 Å². The summed E-state index contributed by atoms with van der Waals surface area (Å²) in [5.41, 5.74) is 8.16. The molecule has 0 atom stereocenters. The largest absolute Gasteiger partial charge is 0.387 e. The van der Waals surface area contributed by atoms with Crippen LogP contribution in [0.4, 0.5) is 5.82 Å². The Balaban J connectivity index is 2.54. The quantitative estimate of drug-likeness (QED) is 0.617. The number of fused-ring (bicyclic) bond motifs is 1. The first-order valence-electron chi connectivity index (χ1n) is 4.65. The number of hydrogen-bond acceptors (Lipinski definition) is 2. The molecule has 0 saturated heterocycles. The SMILES string of the molecule is CC(N)=Nc1ncc(Br)c2c1CCC2. The van der Waals surface area contributed by atoms with Crippen molar-refractivity contribution in [2.45, 2.75) is 26.2 Å². The van der Waals surface area contributed by atoms with Crippen molar-refractivity contribution in [3.63, 3.8) is 0 Å². The molecule has 0 bridgehead atoms. The standard InChI is InChI=1S/C10H12BrN3/c1-6(12)14-10-8-4-2-3-7(8)9(11)5-13-10/h5H,2-4H2,1H3,(H2,12,13,14). The maximum absolute atomic E-state index is 5.55. The molecule has 1 heterocycles. The fraction of sp³-hybridized carbons (Fsp3) is 0.400. The second-order valence-electron chi connectivity index (χ2n) is 3.49. The number of pyridine rings is 1. The molecule has 0 fully saturated rings. The van der Waals surface area contributed by atoms with Gasteiger partial charge in [0.25, 0.3) is 0 Å². The van der Waals surface area contributed by atoms with Gasteiger partial charge in [-0.3, -0.25) is 0 Å². The Morgan fingerprint density at radius 3 is 2.93 bits per heavy atom. The van der Waals surface area contributed by atoms with Crippen LogP contribution in [0.25, 0.3) is 0 Å². The Morgan fingerprint density at radius 2 is 2.21 bits per heavy atom. The van der Waals surface area contributed by atoms with Gasteiger partial charge in [0.2, 0.25) is 0 Å². The minimum atomic E-state index is 0.564. The van der Waals surface area contributed by atoms with Crippen molar-refractivity contribution in [3.05, 3.63) is 21.8 Å². The number of amidine groups is 1. The van der Waals surface area contributed by atoms with Gasteiger partial charge in [0.1, 0.15) is 0 Å². The highest BCUT2D eigenvalue weighted by molar-refractivity contribution is 9.10. The predicted octanol–water partition coefficient (Wildman–Crippen LogP) is 2.34. The van der Waals surface area contributed by atoms with E-state index >= 15 is 0 Å². The van der Waals surface area contributed by atoms with Crippen LogP contribution in [-0.4, -0.2) is 10.8 Å². The Kier molecular flexibility index (Phi) is 2.54. The van der Waals surface area contributed by atoms with Gasteiger partial charge in [-0.05, 0) is 47.7 Å². The fourth-order valence-electron chi connectivity index (χ4n) is 1.79. The second-order valence-corrected chi connectivity index (χ2v) is 4.35. The first-order valence-corrected chi connectivity index (χ1v) is 5.45. The van der Waals surface area contributed by atoms with Crippen molar-refractivity contribution in [1.29, 1.82) is 0 Å². The lowest BCUT2D eigenvalue weighted by Crippen LogP contribution is -2.05. The highest BCUT2D eigenvalue weighted by Crippen LogP contribution is 2.33. The molecule has 0 radical (unpaired) electrons. The molecular formula is C10H12BrN3. The summed E-state index contributed by atoms with van der Waals surface area (Å²) < 4.78 is 1.10. The van der Waals surface area contributed by atoms with Crippen LogP contribution in [0.1, 0.15) is 24.5 Å². The van der Waals surface area contributed by atoms with Crippen LogP contribution in [0.3, 0.4) is 0 Å². The summed E-state index contributed by atoms with van der Waals surface area (Å²) >= 11 is 3.51. The summed E-state index contributed by atoms with van der Waals surface area (Å²) in [6, 6.07) is 0. The fourth-order valence-corrected chi connectivity index (χ4v) is 2.33. The van der Waals surface area contributed by atoms with Crippen molar-refractivity contribution in [2.75, 3.05) is 0 Å². The van der Waals surface area contributed by atoms with E-state index in [1.165, 1.54) is 17.5 Å². The average molecular weight is 254 g/mol. The van der Waals surface area contributed by atoms with Gasteiger partial charge in [0.05, 0.1) is 5.84 Å². The van der Waals surface area contributed by atoms with Gasteiger partial charge in [-0.25, -0.2) is 9.98 Å². The predicted molar refractivity (Wildman–Crippen MR) is 60.9 cm³/mol. The summed E-state index contributed by atoms with van der Waals surface area (Å²) in [5, 5.41) is 0. The first kappa shape index (κ1) is 9.65. The first-order chi connectivity index (χ1) is 6.68. The third-order valence-corrected chi connectivity index (χ3v) is 3.04. The highest BCUT2D eigenvalue weighted by atomic mass is 79.9. The van der Waals surface area contributed by atoms with Gasteiger partial charge in [-0.15, -0.1) is 0 Å². The van der Waals surface area contributed by atoms with Gasteiger partial charge >= 0.3 is 0 Å². The highest BCUT2D eigenvalue weighted by Gasteiger charge is 2.18. The van der Waals surface area contributed by atoms with E-state index in [1.54, 1.807) is 6.92 Å². The maximum atomic E-state index is 5.55. The number of nitrogens with two attached hydrogens (primary N) is 1. The van der Waals surface area contributed by atoms with Crippen molar-refractivity contribution >= 4 is 27.6 Å². The van der Waals surface area contributed by atoms with E-state index in [2.05, 4.69) is 25.9 Å². The molecule has 0 spiro atoms. The maximum Gasteiger partial charge on any atom is 0.157 e. The molecule has 0 saturated carbocycles. The molecule has 74 valence electrons. The van der Waals surface area contributed by atoms with Gasteiger partial charge in [0.15, 0.2) is 5.82 Å². The van der Waals surface area contributed by atoms with Crippen LogP contribution in [-0.2, 0) is 12.8 Å². The van der Waals surface area contributed by atoms with Crippen molar-refractivity contribution in [3.8, 4) is 0 Å². The lowest BCUT2D eigenvalue weighted by molar-refractivity contribution is 0.910. The van der Waals surface area contributed by atoms with Crippen LogP contribution >= 0.6 is 15.9 Å². The molecule has 1 aliphatic rings. The number of halogens is 1. The van der Waals surface area contributed by atoms with Gasteiger partial charge in [-0.2, -0.15) is 0 Å². The molecule has 2 rings (SSSR count). The minimum absolute atomic E-state index is 0.564. The Labute approximate surface area is 91.6 Å². The second kappa shape index (κ2) is 3.69. The molecule has 0 amide bonds. The van der Waals surface area contributed by atoms with Crippen molar-refractivity contribution in [2.24, 2.45) is 10.7 Å². The summed E-state index contributed by atoms with van der Waals surface area (Å²) in [6.45, 7) is 1.78. The van der Waals surface area contributed by atoms with Gasteiger partial charge in [0, 0.05) is 16.2 Å².